The summed E-state index contributed by atoms with van der Waals surface area (Å²) in [6.07, 6.45) is 2.52. The van der Waals surface area contributed by atoms with Crippen LogP contribution in [0, 0.1) is 0 Å². The number of hydrogen-bond acceptors (Lipinski definition) is 3. The second kappa shape index (κ2) is 10.4. The van der Waals surface area contributed by atoms with Gasteiger partial charge in [-0.15, -0.1) is 24.0 Å². The van der Waals surface area contributed by atoms with Crippen molar-refractivity contribution in [3.05, 3.63) is 63.6 Å². The predicted octanol–water partition coefficient (Wildman–Crippen LogP) is 5.09. The molecule has 2 aromatic carbocycles. The van der Waals surface area contributed by atoms with Crippen LogP contribution in [0.1, 0.15) is 36.4 Å². The molecule has 0 aliphatic carbocycles. The van der Waals surface area contributed by atoms with Gasteiger partial charge in [0, 0.05) is 40.7 Å². The van der Waals surface area contributed by atoms with Gasteiger partial charge in [0.2, 0.25) is 0 Å². The fourth-order valence-electron chi connectivity index (χ4n) is 4.15. The van der Waals surface area contributed by atoms with Crippen LogP contribution < -0.4 is 15.8 Å². The summed E-state index contributed by atoms with van der Waals surface area (Å²) in [5, 5.41) is 4.66. The Morgan fingerprint density at radius 1 is 1.13 bits per heavy atom. The van der Waals surface area contributed by atoms with Crippen molar-refractivity contribution in [1.29, 1.82) is 0 Å². The maximum absolute atomic E-state index is 6.55. The molecule has 0 aromatic heterocycles. The molecule has 0 amide bonds. The minimum absolute atomic E-state index is 0. The molecule has 0 spiro atoms. The number of halogens is 3. The molecule has 2 aliphatic heterocycles. The normalized spacial score (nSPS) is 20.5. The van der Waals surface area contributed by atoms with E-state index in [4.69, 9.17) is 43.4 Å². The highest BCUT2D eigenvalue weighted by atomic mass is 127. The van der Waals surface area contributed by atoms with Gasteiger partial charge in [0.15, 0.2) is 5.96 Å². The van der Waals surface area contributed by atoms with Gasteiger partial charge < -0.3 is 20.5 Å². The maximum Gasteiger partial charge on any atom is 0.189 e. The molecule has 5 nitrogen and oxygen atoms in total. The lowest BCUT2D eigenvalue weighted by atomic mass is 9.74. The van der Waals surface area contributed by atoms with E-state index in [1.807, 2.05) is 30.3 Å². The van der Waals surface area contributed by atoms with E-state index in [-0.39, 0.29) is 35.4 Å². The van der Waals surface area contributed by atoms with Crippen molar-refractivity contribution in [2.24, 2.45) is 10.7 Å². The molecule has 1 saturated heterocycles. The van der Waals surface area contributed by atoms with Crippen LogP contribution >= 0.6 is 47.2 Å². The number of nitrogens with two attached hydrogens (primary N) is 1. The summed E-state index contributed by atoms with van der Waals surface area (Å²) in [4.78, 5) is 4.72. The monoisotopic (exact) mass is 561 g/mol. The van der Waals surface area contributed by atoms with Crippen LogP contribution in [0.25, 0.3) is 0 Å². The summed E-state index contributed by atoms with van der Waals surface area (Å²) >= 11 is 12.6. The lowest BCUT2D eigenvalue weighted by Crippen LogP contribution is -2.41. The van der Waals surface area contributed by atoms with E-state index in [1.165, 1.54) is 0 Å². The van der Waals surface area contributed by atoms with E-state index >= 15 is 0 Å². The molecule has 0 radical (unpaired) electrons. The number of guanidine groups is 1. The lowest BCUT2D eigenvalue weighted by Gasteiger charge is -2.37. The Hall–Kier alpha value is -1.22. The standard InChI is InChI=1S/C22H25Cl2N3O2.HI/c23-15-5-6-17(18(24)13-15)22(8-11-28-12-9-22)14-26-21(25)27-19-7-10-29-20-4-2-1-3-16(19)20;/h1-6,13,19H,7-12,14H2,(H3,25,26,27);1H. The van der Waals surface area contributed by atoms with Crippen molar-refractivity contribution < 1.29 is 9.47 Å². The van der Waals surface area contributed by atoms with Crippen molar-refractivity contribution in [3.63, 3.8) is 0 Å². The Kier molecular flexibility index (Phi) is 8.12. The molecule has 30 heavy (non-hydrogen) atoms. The third kappa shape index (κ3) is 5.15. The molecule has 8 heteroatoms. The predicted molar refractivity (Wildman–Crippen MR) is 133 cm³/mol. The molecule has 1 atom stereocenters. The summed E-state index contributed by atoms with van der Waals surface area (Å²) in [5.41, 5.74) is 8.25. The van der Waals surface area contributed by atoms with Crippen molar-refractivity contribution in [2.45, 2.75) is 30.7 Å². The quantitative estimate of drug-likeness (QED) is 0.310. The molecule has 1 fully saturated rings. The van der Waals surface area contributed by atoms with Gasteiger partial charge >= 0.3 is 0 Å². The van der Waals surface area contributed by atoms with E-state index in [2.05, 4.69) is 11.4 Å². The molecule has 0 bridgehead atoms. The largest absolute Gasteiger partial charge is 0.493 e. The van der Waals surface area contributed by atoms with E-state index < -0.39 is 0 Å². The van der Waals surface area contributed by atoms with E-state index in [0.717, 1.165) is 36.1 Å². The van der Waals surface area contributed by atoms with E-state index in [0.29, 0.717) is 42.4 Å². The van der Waals surface area contributed by atoms with Gasteiger partial charge in [0.25, 0.3) is 0 Å². The van der Waals surface area contributed by atoms with Gasteiger partial charge in [-0.05, 0) is 36.6 Å². The van der Waals surface area contributed by atoms with Crippen molar-refractivity contribution >= 4 is 53.1 Å². The van der Waals surface area contributed by atoms with Crippen LogP contribution in [-0.2, 0) is 10.2 Å². The second-order valence-electron chi connectivity index (χ2n) is 7.59. The summed E-state index contributed by atoms with van der Waals surface area (Å²) in [5.74, 6) is 1.33. The molecule has 4 rings (SSSR count). The second-order valence-corrected chi connectivity index (χ2v) is 8.43. The topological polar surface area (TPSA) is 68.9 Å². The highest BCUT2D eigenvalue weighted by Gasteiger charge is 2.36. The first-order chi connectivity index (χ1) is 14.1. The van der Waals surface area contributed by atoms with Crippen molar-refractivity contribution in [3.8, 4) is 5.75 Å². The zero-order valence-electron chi connectivity index (χ0n) is 16.6. The molecule has 2 aliphatic rings. The third-order valence-electron chi connectivity index (χ3n) is 5.79. The Labute approximate surface area is 204 Å². The molecular formula is C22H26Cl2IN3O2. The third-order valence-corrected chi connectivity index (χ3v) is 6.33. The number of rotatable bonds is 4. The van der Waals surface area contributed by atoms with Crippen LogP contribution in [0.3, 0.4) is 0 Å². The Balaban J connectivity index is 0.00000256. The fourth-order valence-corrected chi connectivity index (χ4v) is 4.76. The maximum atomic E-state index is 6.55. The van der Waals surface area contributed by atoms with Gasteiger partial charge in [-0.25, -0.2) is 0 Å². The van der Waals surface area contributed by atoms with Crippen molar-refractivity contribution in [1.82, 2.24) is 5.32 Å². The Bertz CT molecular complexity index is 904. The number of para-hydroxylation sites is 1. The minimum Gasteiger partial charge on any atom is -0.493 e. The molecular weight excluding hydrogens is 536 g/mol. The smallest absolute Gasteiger partial charge is 0.189 e. The number of ether oxygens (including phenoxy) is 2. The molecule has 162 valence electrons. The number of hydrogen-bond donors (Lipinski definition) is 2. The summed E-state index contributed by atoms with van der Waals surface area (Å²) in [6.45, 7) is 2.55. The number of nitrogens with zero attached hydrogens (tertiary/aromatic N) is 1. The summed E-state index contributed by atoms with van der Waals surface area (Å²) in [7, 11) is 0. The van der Waals surface area contributed by atoms with Gasteiger partial charge in [0.05, 0.1) is 19.2 Å². The highest BCUT2D eigenvalue weighted by molar-refractivity contribution is 14.0. The van der Waals surface area contributed by atoms with Crippen LogP contribution in [-0.4, -0.2) is 32.3 Å². The highest BCUT2D eigenvalue weighted by Crippen LogP contribution is 2.40. The van der Waals surface area contributed by atoms with E-state index in [9.17, 15) is 0 Å². The summed E-state index contributed by atoms with van der Waals surface area (Å²) < 4.78 is 11.3. The molecule has 2 aromatic rings. The van der Waals surface area contributed by atoms with Gasteiger partial charge in [0.1, 0.15) is 5.75 Å². The van der Waals surface area contributed by atoms with Gasteiger partial charge in [-0.3, -0.25) is 4.99 Å². The van der Waals surface area contributed by atoms with Crippen LogP contribution in [0.5, 0.6) is 5.75 Å². The molecule has 2 heterocycles. The molecule has 1 unspecified atom stereocenters. The first kappa shape index (κ1) is 23.4. The number of nitrogens with one attached hydrogen (secondary N) is 1. The van der Waals surface area contributed by atoms with Crippen LogP contribution in [0.4, 0.5) is 0 Å². The zero-order chi connectivity index (χ0) is 20.3. The van der Waals surface area contributed by atoms with Gasteiger partial charge in [-0.2, -0.15) is 0 Å². The first-order valence-electron chi connectivity index (χ1n) is 9.89. The fraction of sp³-hybridized carbons (Fsp3) is 0.409. The zero-order valence-corrected chi connectivity index (χ0v) is 20.4. The molecule has 0 saturated carbocycles. The number of benzene rings is 2. The Morgan fingerprint density at radius 3 is 2.67 bits per heavy atom. The first-order valence-corrected chi connectivity index (χ1v) is 10.6. The lowest BCUT2D eigenvalue weighted by molar-refractivity contribution is 0.0531. The Morgan fingerprint density at radius 2 is 1.90 bits per heavy atom. The van der Waals surface area contributed by atoms with Crippen molar-refractivity contribution in [2.75, 3.05) is 26.4 Å². The van der Waals surface area contributed by atoms with Crippen LogP contribution in [0.2, 0.25) is 10.0 Å². The summed E-state index contributed by atoms with van der Waals surface area (Å²) in [6, 6.07) is 13.8. The molecule has 3 N–H and O–H groups in total. The SMILES string of the molecule is I.NC(=NCC1(c2ccc(Cl)cc2Cl)CCOCC1)NC1CCOc2ccccc21. The number of aliphatic imine (C=N–C) groups is 1. The minimum atomic E-state index is -0.209. The van der Waals surface area contributed by atoms with Crippen LogP contribution in [0.15, 0.2) is 47.5 Å². The average molecular weight is 562 g/mol. The van der Waals surface area contributed by atoms with Gasteiger partial charge in [-0.1, -0.05) is 47.5 Å². The number of fused-ring (bicyclic) bond motifs is 1. The average Bonchev–Trinajstić information content (AvgIpc) is 2.73. The van der Waals surface area contributed by atoms with E-state index in [1.54, 1.807) is 6.07 Å².